The minimum atomic E-state index is -0.784. The average molecular weight is 404 g/mol. The number of carbonyl (C=O) groups is 2. The van der Waals surface area contributed by atoms with Crippen LogP contribution in [-0.2, 0) is 9.53 Å². The maximum absolute atomic E-state index is 12.5. The summed E-state index contributed by atoms with van der Waals surface area (Å²) in [4.78, 5) is 31.5. The fourth-order valence-corrected chi connectivity index (χ4v) is 2.63. The van der Waals surface area contributed by atoms with Crippen LogP contribution in [0.5, 0.6) is 5.75 Å². The molecular formula is C17H14BrN3O4. The molecule has 1 fully saturated rings. The lowest BCUT2D eigenvalue weighted by molar-refractivity contribution is -0.114. The Balaban J connectivity index is 1.89. The molecule has 2 amide bonds. The fraction of sp³-hybridized carbons (Fsp3) is 0.118. The van der Waals surface area contributed by atoms with Crippen molar-refractivity contribution in [3.8, 4) is 5.75 Å². The first-order valence-corrected chi connectivity index (χ1v) is 8.06. The van der Waals surface area contributed by atoms with E-state index in [1.165, 1.54) is 18.3 Å². The van der Waals surface area contributed by atoms with E-state index in [0.29, 0.717) is 21.5 Å². The van der Waals surface area contributed by atoms with Crippen molar-refractivity contribution in [1.29, 1.82) is 0 Å². The summed E-state index contributed by atoms with van der Waals surface area (Å²) in [5.74, 6) is 0.104. The van der Waals surface area contributed by atoms with Gasteiger partial charge in [0.2, 0.25) is 0 Å². The molecule has 2 aromatic rings. The molecule has 0 spiro atoms. The van der Waals surface area contributed by atoms with Gasteiger partial charge in [0.05, 0.1) is 16.4 Å². The van der Waals surface area contributed by atoms with Gasteiger partial charge in [-0.1, -0.05) is 6.07 Å². The summed E-state index contributed by atoms with van der Waals surface area (Å²) in [6.45, 7) is 0. The van der Waals surface area contributed by atoms with Crippen molar-refractivity contribution in [2.75, 3.05) is 23.9 Å². The molecule has 1 aliphatic rings. The van der Waals surface area contributed by atoms with Gasteiger partial charge in [-0.15, -0.1) is 0 Å². The molecule has 128 valence electrons. The van der Waals surface area contributed by atoms with Crippen LogP contribution in [0.3, 0.4) is 0 Å². The molecule has 0 unspecified atom stereocenters. The summed E-state index contributed by atoms with van der Waals surface area (Å²) < 4.78 is 5.55. The smallest absolute Gasteiger partial charge is 0.427 e. The van der Waals surface area contributed by atoms with Gasteiger partial charge in [-0.25, -0.2) is 14.7 Å². The average Bonchev–Trinajstić information content (AvgIpc) is 2.85. The van der Waals surface area contributed by atoms with Gasteiger partial charge in [0.1, 0.15) is 11.6 Å². The summed E-state index contributed by atoms with van der Waals surface area (Å²) in [6, 6.07) is 8.01. The molecule has 0 radical (unpaired) electrons. The van der Waals surface area contributed by atoms with Crippen molar-refractivity contribution >= 4 is 45.5 Å². The third-order valence-corrected chi connectivity index (χ3v) is 4.15. The summed E-state index contributed by atoms with van der Waals surface area (Å²) in [5.41, 5.74) is 0.930. The quantitative estimate of drug-likeness (QED) is 0.792. The van der Waals surface area contributed by atoms with Crippen LogP contribution in [0.25, 0.3) is 6.08 Å². The van der Waals surface area contributed by atoms with Gasteiger partial charge >= 0.3 is 12.0 Å². The van der Waals surface area contributed by atoms with Crippen molar-refractivity contribution in [2.45, 2.75) is 0 Å². The summed E-state index contributed by atoms with van der Waals surface area (Å²) in [7, 11) is 3.68. The summed E-state index contributed by atoms with van der Waals surface area (Å²) >= 11 is 3.19. The van der Waals surface area contributed by atoms with Gasteiger partial charge in [-0.2, -0.15) is 0 Å². The number of imide groups is 1. The maximum Gasteiger partial charge on any atom is 0.427 e. The Hall–Kier alpha value is -2.87. The van der Waals surface area contributed by atoms with Crippen molar-refractivity contribution < 1.29 is 19.4 Å². The topological polar surface area (TPSA) is 83.0 Å². The van der Waals surface area contributed by atoms with Gasteiger partial charge in [-0.3, -0.25) is 4.79 Å². The third kappa shape index (κ3) is 3.34. The normalized spacial score (nSPS) is 15.6. The molecule has 2 heterocycles. The number of ether oxygens (including phenoxy) is 1. The number of aromatic nitrogens is 1. The number of halogens is 1. The highest BCUT2D eigenvalue weighted by Crippen LogP contribution is 2.29. The van der Waals surface area contributed by atoms with Crippen LogP contribution < -0.4 is 9.80 Å². The van der Waals surface area contributed by atoms with E-state index in [1.54, 1.807) is 24.3 Å². The second-order valence-corrected chi connectivity index (χ2v) is 6.35. The van der Waals surface area contributed by atoms with E-state index in [4.69, 9.17) is 4.74 Å². The van der Waals surface area contributed by atoms with Gasteiger partial charge < -0.3 is 14.7 Å². The number of aromatic hydroxyl groups is 1. The summed E-state index contributed by atoms with van der Waals surface area (Å²) in [5, 5.41) is 9.51. The highest BCUT2D eigenvalue weighted by Gasteiger charge is 2.38. The number of amides is 2. The summed E-state index contributed by atoms with van der Waals surface area (Å²) in [6.07, 6.45) is 2.09. The number of benzene rings is 1. The van der Waals surface area contributed by atoms with Crippen LogP contribution >= 0.6 is 15.9 Å². The number of nitrogens with zero attached hydrogens (tertiary/aromatic N) is 3. The second kappa shape index (κ2) is 6.56. The van der Waals surface area contributed by atoms with E-state index in [0.717, 1.165) is 4.90 Å². The highest BCUT2D eigenvalue weighted by molar-refractivity contribution is 9.10. The Labute approximate surface area is 152 Å². The van der Waals surface area contributed by atoms with Crippen LogP contribution in [0.15, 0.2) is 46.8 Å². The van der Waals surface area contributed by atoms with Crippen LogP contribution in [0.4, 0.5) is 16.3 Å². The zero-order chi connectivity index (χ0) is 18.1. The van der Waals surface area contributed by atoms with Gasteiger partial charge in [0, 0.05) is 14.1 Å². The van der Waals surface area contributed by atoms with E-state index in [-0.39, 0.29) is 11.5 Å². The molecule has 0 atom stereocenters. The number of pyridine rings is 1. The number of hydrogen-bond acceptors (Lipinski definition) is 6. The lowest BCUT2D eigenvalue weighted by Gasteiger charge is -2.13. The number of hydrogen-bond donors (Lipinski definition) is 1. The number of phenolic OH excluding ortho intramolecular Hbond substituents is 1. The van der Waals surface area contributed by atoms with E-state index in [9.17, 15) is 14.7 Å². The molecule has 1 aliphatic heterocycles. The zero-order valence-electron chi connectivity index (χ0n) is 13.4. The van der Waals surface area contributed by atoms with Crippen LogP contribution in [0.2, 0.25) is 0 Å². The largest absolute Gasteiger partial charge is 0.507 e. The van der Waals surface area contributed by atoms with Gasteiger partial charge in [0.15, 0.2) is 5.76 Å². The molecule has 0 saturated carbocycles. The van der Waals surface area contributed by atoms with E-state index < -0.39 is 12.0 Å². The van der Waals surface area contributed by atoms with Crippen molar-refractivity contribution in [3.63, 3.8) is 0 Å². The Morgan fingerprint density at radius 3 is 2.60 bits per heavy atom. The first-order valence-electron chi connectivity index (χ1n) is 7.26. The van der Waals surface area contributed by atoms with Crippen molar-refractivity contribution in [3.05, 3.63) is 52.3 Å². The molecule has 3 rings (SSSR count). The zero-order valence-corrected chi connectivity index (χ0v) is 15.0. The monoisotopic (exact) mass is 403 g/mol. The SMILES string of the molecule is CN(C)c1ccc(N2C(=O)O/C(=C\c3ccc(O)c(Br)c3)C2=O)cn1. The Morgan fingerprint density at radius 2 is 2.00 bits per heavy atom. The van der Waals surface area contributed by atoms with E-state index in [1.807, 2.05) is 19.0 Å². The maximum atomic E-state index is 12.5. The molecule has 7 nitrogen and oxygen atoms in total. The fourth-order valence-electron chi connectivity index (χ4n) is 2.23. The molecule has 25 heavy (non-hydrogen) atoms. The van der Waals surface area contributed by atoms with Crippen molar-refractivity contribution in [1.82, 2.24) is 4.98 Å². The predicted octanol–water partition coefficient (Wildman–Crippen LogP) is 3.14. The Kier molecular flexibility index (Phi) is 4.45. The molecule has 8 heteroatoms. The van der Waals surface area contributed by atoms with Gasteiger partial charge in [-0.05, 0) is 51.8 Å². The molecule has 1 aromatic carbocycles. The number of rotatable bonds is 3. The first-order chi connectivity index (χ1) is 11.9. The minimum Gasteiger partial charge on any atom is -0.507 e. The predicted molar refractivity (Wildman–Crippen MR) is 96.3 cm³/mol. The van der Waals surface area contributed by atoms with Gasteiger partial charge in [0.25, 0.3) is 0 Å². The third-order valence-electron chi connectivity index (χ3n) is 3.51. The molecule has 0 bridgehead atoms. The van der Waals surface area contributed by atoms with Crippen LogP contribution in [0.1, 0.15) is 5.56 Å². The van der Waals surface area contributed by atoms with Crippen molar-refractivity contribution in [2.24, 2.45) is 0 Å². The minimum absolute atomic E-state index is 0.0746. The lowest BCUT2D eigenvalue weighted by atomic mass is 10.2. The number of carbonyl (C=O) groups excluding carboxylic acids is 2. The van der Waals surface area contributed by atoms with Crippen LogP contribution in [0, 0.1) is 0 Å². The second-order valence-electron chi connectivity index (χ2n) is 5.50. The molecular weight excluding hydrogens is 390 g/mol. The lowest BCUT2D eigenvalue weighted by Crippen LogP contribution is -2.28. The van der Waals surface area contributed by atoms with Crippen LogP contribution in [-0.4, -0.2) is 36.2 Å². The molecule has 1 N–H and O–H groups in total. The number of anilines is 2. The number of cyclic esters (lactones) is 1. The number of phenols is 1. The first kappa shape index (κ1) is 17.0. The molecule has 1 saturated heterocycles. The Morgan fingerprint density at radius 1 is 1.24 bits per heavy atom. The van der Waals surface area contributed by atoms with E-state index in [2.05, 4.69) is 20.9 Å². The molecule has 1 aromatic heterocycles. The standard InChI is InChI=1S/C17H14BrN3O4/c1-20(2)15-6-4-11(9-19-15)21-16(23)14(25-17(21)24)8-10-3-5-13(22)12(18)7-10/h3-9,22H,1-2H3/b14-8-. The highest BCUT2D eigenvalue weighted by atomic mass is 79.9. The molecule has 0 aliphatic carbocycles. The van der Waals surface area contributed by atoms with E-state index >= 15 is 0 Å². The Bertz CT molecular complexity index is 878.